The lowest BCUT2D eigenvalue weighted by atomic mass is 9.92. The van der Waals surface area contributed by atoms with Crippen LogP contribution in [-0.4, -0.2) is 28.7 Å². The van der Waals surface area contributed by atoms with Gasteiger partial charge >= 0.3 is 0 Å². The number of aromatic nitrogens is 1. The Kier molecular flexibility index (Phi) is 4.60. The molecule has 5 nitrogen and oxygen atoms in total. The molecule has 1 aliphatic heterocycles. The van der Waals surface area contributed by atoms with E-state index in [1.807, 2.05) is 43.3 Å². The molecule has 1 aliphatic rings. The largest absolute Gasteiger partial charge is 0.352 e. The summed E-state index contributed by atoms with van der Waals surface area (Å²) in [6.45, 7) is 2.44. The third kappa shape index (κ3) is 3.30. The van der Waals surface area contributed by atoms with Crippen LogP contribution < -0.4 is 5.32 Å². The second kappa shape index (κ2) is 6.83. The molecule has 2 aromatic rings. The maximum atomic E-state index is 12.7. The van der Waals surface area contributed by atoms with Crippen molar-refractivity contribution in [2.24, 2.45) is 5.92 Å². The molecule has 0 aliphatic carbocycles. The molecule has 0 radical (unpaired) electrons. The van der Waals surface area contributed by atoms with Crippen LogP contribution in [0.5, 0.6) is 0 Å². The SMILES string of the molecule is Cc1ccc([C@H]2[C@@H](C(=O)NCc3cccnc3)CC(=O)N2C)cc1. The van der Waals surface area contributed by atoms with Crippen LogP contribution in [0.3, 0.4) is 0 Å². The first-order valence-corrected chi connectivity index (χ1v) is 8.05. The maximum absolute atomic E-state index is 12.7. The highest BCUT2D eigenvalue weighted by Gasteiger charge is 2.42. The van der Waals surface area contributed by atoms with Crippen molar-refractivity contribution >= 4 is 11.8 Å². The molecule has 2 heterocycles. The number of likely N-dealkylation sites (tertiary alicyclic amines) is 1. The Morgan fingerprint density at radius 3 is 2.71 bits per heavy atom. The van der Waals surface area contributed by atoms with Gasteiger partial charge in [-0.3, -0.25) is 14.6 Å². The monoisotopic (exact) mass is 323 g/mol. The molecule has 2 atom stereocenters. The summed E-state index contributed by atoms with van der Waals surface area (Å²) in [5.41, 5.74) is 3.09. The number of carbonyl (C=O) groups is 2. The van der Waals surface area contributed by atoms with Gasteiger partial charge in [0, 0.05) is 32.4 Å². The topological polar surface area (TPSA) is 62.3 Å². The van der Waals surface area contributed by atoms with Gasteiger partial charge in [0.05, 0.1) is 12.0 Å². The summed E-state index contributed by atoms with van der Waals surface area (Å²) in [4.78, 5) is 30.5. The van der Waals surface area contributed by atoms with E-state index in [9.17, 15) is 9.59 Å². The first kappa shape index (κ1) is 16.2. The average molecular weight is 323 g/mol. The molecule has 1 aromatic carbocycles. The Hall–Kier alpha value is -2.69. The molecule has 124 valence electrons. The van der Waals surface area contributed by atoms with Crippen molar-refractivity contribution in [3.05, 3.63) is 65.5 Å². The Labute approximate surface area is 141 Å². The van der Waals surface area contributed by atoms with Gasteiger partial charge in [-0.2, -0.15) is 0 Å². The minimum atomic E-state index is -0.373. The predicted molar refractivity (Wildman–Crippen MR) is 90.9 cm³/mol. The second-order valence-corrected chi connectivity index (χ2v) is 6.25. The van der Waals surface area contributed by atoms with E-state index in [-0.39, 0.29) is 30.2 Å². The van der Waals surface area contributed by atoms with E-state index in [0.29, 0.717) is 6.54 Å². The Bertz CT molecular complexity index is 728. The molecule has 0 spiro atoms. The number of carbonyl (C=O) groups excluding carboxylic acids is 2. The molecule has 24 heavy (non-hydrogen) atoms. The summed E-state index contributed by atoms with van der Waals surface area (Å²) in [5.74, 6) is -0.467. The summed E-state index contributed by atoms with van der Waals surface area (Å²) in [6, 6.07) is 11.5. The number of benzene rings is 1. The summed E-state index contributed by atoms with van der Waals surface area (Å²) < 4.78 is 0. The number of pyridine rings is 1. The maximum Gasteiger partial charge on any atom is 0.226 e. The fraction of sp³-hybridized carbons (Fsp3) is 0.316. The zero-order valence-electron chi connectivity index (χ0n) is 13.9. The standard InChI is InChI=1S/C19H21N3O2/c1-13-5-7-15(8-6-13)18-16(10-17(23)22(18)2)19(24)21-12-14-4-3-9-20-11-14/h3-9,11,16,18H,10,12H2,1-2H3,(H,21,24)/t16-,18-/m0/s1. The molecular weight excluding hydrogens is 302 g/mol. The molecule has 2 amide bonds. The summed E-state index contributed by atoms with van der Waals surface area (Å²) >= 11 is 0. The van der Waals surface area contributed by atoms with Crippen molar-refractivity contribution < 1.29 is 9.59 Å². The van der Waals surface area contributed by atoms with Crippen LogP contribution in [0, 0.1) is 12.8 Å². The van der Waals surface area contributed by atoms with Gasteiger partial charge < -0.3 is 10.2 Å². The van der Waals surface area contributed by atoms with Gasteiger partial charge in [-0.05, 0) is 24.1 Å². The quantitative estimate of drug-likeness (QED) is 0.938. The van der Waals surface area contributed by atoms with Crippen molar-refractivity contribution in [3.8, 4) is 0 Å². The summed E-state index contributed by atoms with van der Waals surface area (Å²) in [7, 11) is 1.77. The van der Waals surface area contributed by atoms with E-state index < -0.39 is 0 Å². The van der Waals surface area contributed by atoms with Crippen molar-refractivity contribution in [2.45, 2.75) is 25.9 Å². The lowest BCUT2D eigenvalue weighted by Gasteiger charge is -2.25. The summed E-state index contributed by atoms with van der Waals surface area (Å²) in [6.07, 6.45) is 3.67. The number of rotatable bonds is 4. The molecule has 1 aromatic heterocycles. The highest BCUT2D eigenvalue weighted by molar-refractivity contribution is 5.90. The molecule has 1 saturated heterocycles. The molecule has 5 heteroatoms. The van der Waals surface area contributed by atoms with Gasteiger partial charge in [-0.1, -0.05) is 35.9 Å². The highest BCUT2D eigenvalue weighted by atomic mass is 16.2. The zero-order chi connectivity index (χ0) is 17.1. The molecule has 3 rings (SSSR count). The van der Waals surface area contributed by atoms with Gasteiger partial charge in [-0.25, -0.2) is 0 Å². The Morgan fingerprint density at radius 2 is 2.04 bits per heavy atom. The number of amides is 2. The van der Waals surface area contributed by atoms with E-state index in [4.69, 9.17) is 0 Å². The molecule has 1 fully saturated rings. The third-order valence-electron chi connectivity index (χ3n) is 4.53. The van der Waals surface area contributed by atoms with Crippen LogP contribution in [0.4, 0.5) is 0 Å². The predicted octanol–water partition coefficient (Wildman–Crippen LogP) is 2.23. The van der Waals surface area contributed by atoms with E-state index in [0.717, 1.165) is 16.7 Å². The lowest BCUT2D eigenvalue weighted by Crippen LogP contribution is -2.34. The van der Waals surface area contributed by atoms with Gasteiger partial charge in [0.25, 0.3) is 0 Å². The van der Waals surface area contributed by atoms with Crippen molar-refractivity contribution in [1.29, 1.82) is 0 Å². The van der Waals surface area contributed by atoms with Gasteiger partial charge in [-0.15, -0.1) is 0 Å². The van der Waals surface area contributed by atoms with Crippen molar-refractivity contribution in [2.75, 3.05) is 7.05 Å². The number of nitrogens with one attached hydrogen (secondary N) is 1. The lowest BCUT2D eigenvalue weighted by molar-refractivity contribution is -0.128. The van der Waals surface area contributed by atoms with Crippen molar-refractivity contribution in [1.82, 2.24) is 15.2 Å². The van der Waals surface area contributed by atoms with E-state index >= 15 is 0 Å². The minimum Gasteiger partial charge on any atom is -0.352 e. The first-order valence-electron chi connectivity index (χ1n) is 8.05. The van der Waals surface area contributed by atoms with Gasteiger partial charge in [0.2, 0.25) is 11.8 Å². The highest BCUT2D eigenvalue weighted by Crippen LogP contribution is 2.37. The van der Waals surface area contributed by atoms with E-state index in [1.54, 1.807) is 24.3 Å². The Morgan fingerprint density at radius 1 is 1.29 bits per heavy atom. The molecular formula is C19H21N3O2. The fourth-order valence-corrected chi connectivity index (χ4v) is 3.15. The fourth-order valence-electron chi connectivity index (χ4n) is 3.15. The normalized spacial score (nSPS) is 20.2. The number of aryl methyl sites for hydroxylation is 1. The van der Waals surface area contributed by atoms with Crippen LogP contribution >= 0.6 is 0 Å². The molecule has 1 N–H and O–H groups in total. The number of hydrogen-bond acceptors (Lipinski definition) is 3. The number of nitrogens with zero attached hydrogens (tertiary/aromatic N) is 2. The molecule has 0 saturated carbocycles. The van der Waals surface area contributed by atoms with Crippen LogP contribution in [0.15, 0.2) is 48.8 Å². The number of hydrogen-bond donors (Lipinski definition) is 1. The van der Waals surface area contributed by atoms with Crippen molar-refractivity contribution in [3.63, 3.8) is 0 Å². The second-order valence-electron chi connectivity index (χ2n) is 6.25. The Balaban J connectivity index is 1.75. The molecule has 0 bridgehead atoms. The van der Waals surface area contributed by atoms with E-state index in [2.05, 4.69) is 10.3 Å². The molecule has 0 unspecified atom stereocenters. The zero-order valence-corrected chi connectivity index (χ0v) is 13.9. The van der Waals surface area contributed by atoms with Crippen LogP contribution in [-0.2, 0) is 16.1 Å². The van der Waals surface area contributed by atoms with Crippen LogP contribution in [0.2, 0.25) is 0 Å². The smallest absolute Gasteiger partial charge is 0.226 e. The van der Waals surface area contributed by atoms with Crippen LogP contribution in [0.1, 0.15) is 29.2 Å². The van der Waals surface area contributed by atoms with Gasteiger partial charge in [0.15, 0.2) is 0 Å². The summed E-state index contributed by atoms with van der Waals surface area (Å²) in [5, 5.41) is 2.94. The van der Waals surface area contributed by atoms with Gasteiger partial charge in [0.1, 0.15) is 0 Å². The minimum absolute atomic E-state index is 0.00195. The average Bonchev–Trinajstić information content (AvgIpc) is 2.90. The third-order valence-corrected chi connectivity index (χ3v) is 4.53. The van der Waals surface area contributed by atoms with Crippen LogP contribution in [0.25, 0.3) is 0 Å². The van der Waals surface area contributed by atoms with E-state index in [1.165, 1.54) is 0 Å². The first-order chi connectivity index (χ1) is 11.6.